The molecule has 152 valence electrons. The van der Waals surface area contributed by atoms with Gasteiger partial charge in [0.15, 0.2) is 0 Å². The number of allylic oxidation sites excluding steroid dienone is 1. The van der Waals surface area contributed by atoms with Crippen molar-refractivity contribution < 1.29 is 26.7 Å². The lowest BCUT2D eigenvalue weighted by Crippen LogP contribution is -2.75. The van der Waals surface area contributed by atoms with Gasteiger partial charge in [0.05, 0.1) is 0 Å². The first-order chi connectivity index (χ1) is 12.8. The fourth-order valence-electron chi connectivity index (χ4n) is 4.56. The SMILES string of the molecule is CC1=NC(OC(F)F)=CCC1S(=O)(=O)N1CC2(CN(C3CCOCC3)C2)C1. The van der Waals surface area contributed by atoms with Gasteiger partial charge >= 0.3 is 6.61 Å². The first kappa shape index (κ1) is 19.2. The van der Waals surface area contributed by atoms with E-state index in [0.29, 0.717) is 24.8 Å². The summed E-state index contributed by atoms with van der Waals surface area (Å²) in [6.45, 7) is 3.14. The number of hydrogen-bond donors (Lipinski definition) is 0. The summed E-state index contributed by atoms with van der Waals surface area (Å²) in [6, 6.07) is 0.557. The first-order valence-corrected chi connectivity index (χ1v) is 10.8. The number of alkyl halides is 2. The van der Waals surface area contributed by atoms with Gasteiger partial charge in [-0.05, 0) is 32.3 Å². The summed E-state index contributed by atoms with van der Waals surface area (Å²) in [5.74, 6) is -0.208. The highest BCUT2D eigenvalue weighted by molar-refractivity contribution is 7.90. The van der Waals surface area contributed by atoms with Crippen LogP contribution in [0.15, 0.2) is 17.0 Å². The highest BCUT2D eigenvalue weighted by Crippen LogP contribution is 2.44. The Hall–Kier alpha value is -1.10. The Kier molecular flexibility index (Phi) is 5.02. The number of halogens is 2. The molecule has 0 N–H and O–H groups in total. The molecular formula is C17H25F2N3O4S. The van der Waals surface area contributed by atoms with Crippen molar-refractivity contribution in [1.82, 2.24) is 9.21 Å². The van der Waals surface area contributed by atoms with Gasteiger partial charge in [0.1, 0.15) is 5.25 Å². The van der Waals surface area contributed by atoms with Crippen LogP contribution in [0.2, 0.25) is 0 Å². The largest absolute Gasteiger partial charge is 0.417 e. The summed E-state index contributed by atoms with van der Waals surface area (Å²) >= 11 is 0. The van der Waals surface area contributed by atoms with E-state index in [0.717, 1.165) is 39.1 Å². The van der Waals surface area contributed by atoms with Gasteiger partial charge in [-0.15, -0.1) is 0 Å². The molecule has 0 aromatic carbocycles. The van der Waals surface area contributed by atoms with Gasteiger partial charge in [0, 0.05) is 56.6 Å². The number of likely N-dealkylation sites (tertiary alicyclic amines) is 1. The van der Waals surface area contributed by atoms with Crippen LogP contribution in [0.25, 0.3) is 0 Å². The monoisotopic (exact) mass is 405 g/mol. The number of hydrogen-bond acceptors (Lipinski definition) is 6. The maximum atomic E-state index is 12.9. The molecule has 0 radical (unpaired) electrons. The van der Waals surface area contributed by atoms with Crippen LogP contribution in [0.1, 0.15) is 26.2 Å². The van der Waals surface area contributed by atoms with E-state index in [-0.39, 0.29) is 17.7 Å². The summed E-state index contributed by atoms with van der Waals surface area (Å²) in [6.07, 6.45) is 3.53. The molecule has 4 rings (SSSR count). The number of sulfonamides is 1. The lowest BCUT2D eigenvalue weighted by Gasteiger charge is -2.62. The van der Waals surface area contributed by atoms with Crippen molar-refractivity contribution in [2.75, 3.05) is 39.4 Å². The summed E-state index contributed by atoms with van der Waals surface area (Å²) in [4.78, 5) is 6.35. The Labute approximate surface area is 158 Å². The number of ether oxygens (including phenoxy) is 2. The molecule has 10 heteroatoms. The lowest BCUT2D eigenvalue weighted by atomic mass is 9.73. The lowest BCUT2D eigenvalue weighted by molar-refractivity contribution is -0.116. The van der Waals surface area contributed by atoms with Crippen molar-refractivity contribution in [3.05, 3.63) is 12.0 Å². The zero-order valence-electron chi connectivity index (χ0n) is 15.3. The number of nitrogens with zero attached hydrogens (tertiary/aromatic N) is 3. The predicted octanol–water partition coefficient (Wildman–Crippen LogP) is 1.43. The summed E-state index contributed by atoms with van der Waals surface area (Å²) in [5, 5.41) is -0.799. The molecule has 4 aliphatic rings. The Morgan fingerprint density at radius 2 is 1.93 bits per heavy atom. The van der Waals surface area contributed by atoms with Gasteiger partial charge in [0.25, 0.3) is 0 Å². The molecule has 0 bridgehead atoms. The van der Waals surface area contributed by atoms with Crippen molar-refractivity contribution in [3.63, 3.8) is 0 Å². The second-order valence-electron chi connectivity index (χ2n) is 7.96. The molecule has 1 spiro atoms. The van der Waals surface area contributed by atoms with E-state index in [1.165, 1.54) is 10.4 Å². The van der Waals surface area contributed by atoms with Gasteiger partial charge in [-0.1, -0.05) is 0 Å². The summed E-state index contributed by atoms with van der Waals surface area (Å²) in [7, 11) is -3.54. The fourth-order valence-corrected chi connectivity index (χ4v) is 6.65. The van der Waals surface area contributed by atoms with Gasteiger partial charge in [0.2, 0.25) is 15.9 Å². The second kappa shape index (κ2) is 7.06. The maximum absolute atomic E-state index is 12.9. The van der Waals surface area contributed by atoms with Crippen molar-refractivity contribution >= 4 is 15.7 Å². The van der Waals surface area contributed by atoms with Crippen LogP contribution in [0, 0.1) is 5.41 Å². The highest BCUT2D eigenvalue weighted by Gasteiger charge is 2.57. The molecular weight excluding hydrogens is 380 g/mol. The Balaban J connectivity index is 1.32. The van der Waals surface area contributed by atoms with Crippen LogP contribution in [0.3, 0.4) is 0 Å². The molecule has 0 aromatic heterocycles. The summed E-state index contributed by atoms with van der Waals surface area (Å²) < 4.78 is 61.6. The van der Waals surface area contributed by atoms with E-state index >= 15 is 0 Å². The Bertz CT molecular complexity index is 735. The molecule has 1 atom stereocenters. The van der Waals surface area contributed by atoms with Crippen LogP contribution >= 0.6 is 0 Å². The fraction of sp³-hybridized carbons (Fsp3) is 0.824. The van der Waals surface area contributed by atoms with Crippen LogP contribution in [0.5, 0.6) is 0 Å². The molecule has 0 aromatic rings. The quantitative estimate of drug-likeness (QED) is 0.692. The van der Waals surface area contributed by atoms with Gasteiger partial charge in [-0.2, -0.15) is 13.1 Å². The van der Waals surface area contributed by atoms with Crippen LogP contribution in [-0.4, -0.2) is 80.6 Å². The molecule has 1 unspecified atom stereocenters. The zero-order chi connectivity index (χ0) is 19.2. The molecule has 3 fully saturated rings. The maximum Gasteiger partial charge on any atom is 0.388 e. The molecule has 3 saturated heterocycles. The average Bonchev–Trinajstić information content (AvgIpc) is 2.52. The zero-order valence-corrected chi connectivity index (χ0v) is 16.1. The van der Waals surface area contributed by atoms with Crippen molar-refractivity contribution in [1.29, 1.82) is 0 Å². The van der Waals surface area contributed by atoms with Gasteiger partial charge in [-0.3, -0.25) is 4.90 Å². The average molecular weight is 405 g/mol. The molecule has 7 nitrogen and oxygen atoms in total. The Morgan fingerprint density at radius 1 is 1.26 bits per heavy atom. The third-order valence-electron chi connectivity index (χ3n) is 6.00. The highest BCUT2D eigenvalue weighted by atomic mass is 32.2. The molecule has 0 aliphatic carbocycles. The standard InChI is InChI=1S/C17H25F2N3O4S/c1-12-14(2-3-15(20-12)26-16(18)19)27(23,24)22-10-17(11-22)8-21(9-17)13-4-6-25-7-5-13/h3,13-14,16H,2,4-11H2,1H3. The number of rotatable bonds is 5. The molecule has 4 heterocycles. The van der Waals surface area contributed by atoms with Crippen molar-refractivity contribution in [2.45, 2.75) is 44.1 Å². The second-order valence-corrected chi connectivity index (χ2v) is 10.1. The van der Waals surface area contributed by atoms with Crippen molar-refractivity contribution in [2.24, 2.45) is 10.4 Å². The van der Waals surface area contributed by atoms with E-state index < -0.39 is 21.9 Å². The van der Waals surface area contributed by atoms with Crippen LogP contribution in [0.4, 0.5) is 8.78 Å². The molecule has 0 amide bonds. The third-order valence-corrected chi connectivity index (χ3v) is 8.23. The van der Waals surface area contributed by atoms with E-state index in [4.69, 9.17) is 4.74 Å². The number of aliphatic imine (C=N–C) groups is 1. The Morgan fingerprint density at radius 3 is 2.52 bits per heavy atom. The third kappa shape index (κ3) is 3.64. The molecule has 0 saturated carbocycles. The van der Waals surface area contributed by atoms with Gasteiger partial charge < -0.3 is 9.47 Å². The van der Waals surface area contributed by atoms with E-state index in [9.17, 15) is 17.2 Å². The summed E-state index contributed by atoms with van der Waals surface area (Å²) in [5.41, 5.74) is 0.372. The van der Waals surface area contributed by atoms with E-state index in [1.807, 2.05) is 0 Å². The minimum absolute atomic E-state index is 0.0743. The molecule has 4 aliphatic heterocycles. The smallest absolute Gasteiger partial charge is 0.388 e. The van der Waals surface area contributed by atoms with E-state index in [2.05, 4.69) is 14.6 Å². The minimum atomic E-state index is -3.54. The van der Waals surface area contributed by atoms with E-state index in [1.54, 1.807) is 6.92 Å². The minimum Gasteiger partial charge on any atom is -0.417 e. The molecule has 27 heavy (non-hydrogen) atoms. The first-order valence-electron chi connectivity index (χ1n) is 9.30. The predicted molar refractivity (Wildman–Crippen MR) is 95.0 cm³/mol. The topological polar surface area (TPSA) is 71.4 Å². The van der Waals surface area contributed by atoms with Crippen LogP contribution in [-0.2, 0) is 19.5 Å². The van der Waals surface area contributed by atoms with Crippen molar-refractivity contribution in [3.8, 4) is 0 Å². The van der Waals surface area contributed by atoms with Gasteiger partial charge in [-0.25, -0.2) is 13.4 Å². The van der Waals surface area contributed by atoms with Crippen LogP contribution < -0.4 is 0 Å². The normalized spacial score (nSPS) is 29.9.